The summed E-state index contributed by atoms with van der Waals surface area (Å²) in [6, 6.07) is 9.30. The summed E-state index contributed by atoms with van der Waals surface area (Å²) >= 11 is 9.21. The smallest absolute Gasteiger partial charge is 0.141 e. The molecule has 100 valence electrons. The van der Waals surface area contributed by atoms with Crippen LogP contribution in [0.25, 0.3) is 0 Å². The topological polar surface area (TPSA) is 35.2 Å². The largest absolute Gasteiger partial charge is 0.456 e. The molecule has 0 aliphatic carbocycles. The second kappa shape index (κ2) is 5.90. The Labute approximate surface area is 124 Å². The zero-order chi connectivity index (χ0) is 14.0. The van der Waals surface area contributed by atoms with Crippen molar-refractivity contribution in [3.05, 3.63) is 57.3 Å². The number of hydrogen-bond donors (Lipinski definition) is 1. The fraction of sp³-hybridized carbons (Fsp3) is 0.143. The molecule has 0 bridgehead atoms. The van der Waals surface area contributed by atoms with Crippen molar-refractivity contribution in [1.29, 1.82) is 0 Å². The summed E-state index contributed by atoms with van der Waals surface area (Å²) in [4.78, 5) is 0. The lowest BCUT2D eigenvalue weighted by molar-refractivity contribution is 0.458. The zero-order valence-electron chi connectivity index (χ0n) is 10.2. The summed E-state index contributed by atoms with van der Waals surface area (Å²) in [5.74, 6) is 0.576. The van der Waals surface area contributed by atoms with Crippen LogP contribution in [-0.2, 0) is 0 Å². The number of benzene rings is 2. The molecule has 0 aliphatic heterocycles. The van der Waals surface area contributed by atoms with Crippen molar-refractivity contribution in [3.63, 3.8) is 0 Å². The normalized spacial score (nSPS) is 12.3. The molecule has 0 unspecified atom stereocenters. The average Bonchev–Trinajstić information content (AvgIpc) is 2.32. The van der Waals surface area contributed by atoms with Crippen LogP contribution in [0.3, 0.4) is 0 Å². The predicted molar refractivity (Wildman–Crippen MR) is 78.2 cm³/mol. The van der Waals surface area contributed by atoms with Gasteiger partial charge in [-0.15, -0.1) is 0 Å². The van der Waals surface area contributed by atoms with Gasteiger partial charge in [-0.1, -0.05) is 17.7 Å². The van der Waals surface area contributed by atoms with E-state index in [2.05, 4.69) is 15.9 Å². The fourth-order valence-corrected chi connectivity index (χ4v) is 2.49. The number of rotatable bonds is 3. The first-order valence-corrected chi connectivity index (χ1v) is 6.83. The minimum Gasteiger partial charge on any atom is -0.456 e. The zero-order valence-corrected chi connectivity index (χ0v) is 12.5. The van der Waals surface area contributed by atoms with Crippen LogP contribution in [0.2, 0.25) is 5.02 Å². The second-order valence-electron chi connectivity index (χ2n) is 4.12. The van der Waals surface area contributed by atoms with E-state index in [1.165, 1.54) is 6.07 Å². The predicted octanol–water partition coefficient (Wildman–Crippen LogP) is 5.05. The molecular weight excluding hydrogens is 333 g/mol. The summed E-state index contributed by atoms with van der Waals surface area (Å²) in [5.41, 5.74) is 6.13. The van der Waals surface area contributed by atoms with E-state index < -0.39 is 6.04 Å². The van der Waals surface area contributed by atoms with E-state index in [0.717, 1.165) is 0 Å². The molecule has 2 N–H and O–H groups in total. The first kappa shape index (κ1) is 14.3. The van der Waals surface area contributed by atoms with Gasteiger partial charge in [0.1, 0.15) is 17.3 Å². The van der Waals surface area contributed by atoms with Crippen molar-refractivity contribution in [1.82, 2.24) is 0 Å². The van der Waals surface area contributed by atoms with Gasteiger partial charge in [-0.2, -0.15) is 0 Å². The molecule has 0 spiro atoms. The molecule has 2 aromatic carbocycles. The molecule has 2 aromatic rings. The summed E-state index contributed by atoms with van der Waals surface area (Å²) in [7, 11) is 0. The van der Waals surface area contributed by atoms with Crippen LogP contribution in [0.1, 0.15) is 18.5 Å². The minimum atomic E-state index is -0.456. The third kappa shape index (κ3) is 3.26. The maximum absolute atomic E-state index is 13.8. The monoisotopic (exact) mass is 343 g/mol. The Hall–Kier alpha value is -1.10. The molecule has 5 heteroatoms. The SMILES string of the molecule is C[C@H](N)c1c(F)cccc1Oc1ccc(Cl)cc1Br. The van der Waals surface area contributed by atoms with Crippen LogP contribution in [0, 0.1) is 5.82 Å². The van der Waals surface area contributed by atoms with Crippen LogP contribution in [0.5, 0.6) is 11.5 Å². The van der Waals surface area contributed by atoms with Crippen LogP contribution >= 0.6 is 27.5 Å². The number of halogens is 3. The van der Waals surface area contributed by atoms with E-state index in [1.807, 2.05) is 0 Å². The minimum absolute atomic E-state index is 0.351. The lowest BCUT2D eigenvalue weighted by Gasteiger charge is -2.15. The number of nitrogens with two attached hydrogens (primary N) is 1. The Morgan fingerprint density at radius 3 is 2.63 bits per heavy atom. The lowest BCUT2D eigenvalue weighted by atomic mass is 10.1. The fourth-order valence-electron chi connectivity index (χ4n) is 1.72. The lowest BCUT2D eigenvalue weighted by Crippen LogP contribution is -2.09. The summed E-state index contributed by atoms with van der Waals surface area (Å²) in [6.45, 7) is 1.71. The first-order chi connectivity index (χ1) is 8.99. The number of hydrogen-bond acceptors (Lipinski definition) is 2. The van der Waals surface area contributed by atoms with Crippen LogP contribution < -0.4 is 10.5 Å². The third-order valence-corrected chi connectivity index (χ3v) is 3.44. The molecule has 1 atom stereocenters. The highest BCUT2D eigenvalue weighted by Crippen LogP contribution is 2.35. The van der Waals surface area contributed by atoms with E-state index in [0.29, 0.717) is 26.6 Å². The highest BCUT2D eigenvalue weighted by Gasteiger charge is 2.15. The molecule has 0 amide bonds. The second-order valence-corrected chi connectivity index (χ2v) is 5.41. The summed E-state index contributed by atoms with van der Waals surface area (Å²) in [5, 5.41) is 0.589. The summed E-state index contributed by atoms with van der Waals surface area (Å²) in [6.07, 6.45) is 0. The van der Waals surface area contributed by atoms with E-state index in [-0.39, 0.29) is 5.82 Å². The third-order valence-electron chi connectivity index (χ3n) is 2.58. The standard InChI is InChI=1S/C14H12BrClFNO/c1-8(18)14-11(17)3-2-4-13(14)19-12-6-5-9(16)7-10(12)15/h2-8H,18H2,1H3/t8-/m0/s1. The molecule has 0 aromatic heterocycles. The molecule has 0 saturated heterocycles. The van der Waals surface area contributed by atoms with Crippen LogP contribution in [-0.4, -0.2) is 0 Å². The van der Waals surface area contributed by atoms with E-state index in [9.17, 15) is 4.39 Å². The molecule has 0 aliphatic rings. The van der Waals surface area contributed by atoms with Gasteiger partial charge in [0.25, 0.3) is 0 Å². The molecular formula is C14H12BrClFNO. The Morgan fingerprint density at radius 2 is 2.00 bits per heavy atom. The molecule has 2 nitrogen and oxygen atoms in total. The Bertz CT molecular complexity index is 604. The van der Waals surface area contributed by atoms with Crippen LogP contribution in [0.15, 0.2) is 40.9 Å². The van der Waals surface area contributed by atoms with Crippen molar-refractivity contribution < 1.29 is 9.13 Å². The van der Waals surface area contributed by atoms with E-state index in [4.69, 9.17) is 22.1 Å². The van der Waals surface area contributed by atoms with Crippen molar-refractivity contribution in [2.75, 3.05) is 0 Å². The molecule has 0 fully saturated rings. The van der Waals surface area contributed by atoms with Gasteiger partial charge in [-0.05, 0) is 53.2 Å². The maximum Gasteiger partial charge on any atom is 0.141 e. The Kier molecular flexibility index (Phi) is 4.45. The van der Waals surface area contributed by atoms with Gasteiger partial charge in [0.15, 0.2) is 0 Å². The van der Waals surface area contributed by atoms with E-state index in [1.54, 1.807) is 37.3 Å². The summed E-state index contributed by atoms with van der Waals surface area (Å²) < 4.78 is 20.2. The molecule has 19 heavy (non-hydrogen) atoms. The van der Waals surface area contributed by atoms with Crippen molar-refractivity contribution in [2.24, 2.45) is 5.73 Å². The average molecular weight is 345 g/mol. The highest BCUT2D eigenvalue weighted by atomic mass is 79.9. The van der Waals surface area contributed by atoms with Gasteiger partial charge in [-0.25, -0.2) is 4.39 Å². The quantitative estimate of drug-likeness (QED) is 0.845. The van der Waals surface area contributed by atoms with Gasteiger partial charge in [-0.3, -0.25) is 0 Å². The Balaban J connectivity index is 2.41. The molecule has 0 heterocycles. The van der Waals surface area contributed by atoms with Gasteiger partial charge in [0.2, 0.25) is 0 Å². The van der Waals surface area contributed by atoms with Crippen LogP contribution in [0.4, 0.5) is 4.39 Å². The van der Waals surface area contributed by atoms with Crippen molar-refractivity contribution in [3.8, 4) is 11.5 Å². The molecule has 0 radical (unpaired) electrons. The number of ether oxygens (including phenoxy) is 1. The maximum atomic E-state index is 13.8. The van der Waals surface area contributed by atoms with E-state index >= 15 is 0 Å². The molecule has 2 rings (SSSR count). The highest BCUT2D eigenvalue weighted by molar-refractivity contribution is 9.10. The first-order valence-electron chi connectivity index (χ1n) is 5.66. The van der Waals surface area contributed by atoms with Gasteiger partial charge in [0, 0.05) is 16.6 Å². The Morgan fingerprint density at radius 1 is 1.26 bits per heavy atom. The van der Waals surface area contributed by atoms with Crippen molar-refractivity contribution >= 4 is 27.5 Å². The van der Waals surface area contributed by atoms with Gasteiger partial charge >= 0.3 is 0 Å². The van der Waals surface area contributed by atoms with Crippen molar-refractivity contribution in [2.45, 2.75) is 13.0 Å². The molecule has 0 saturated carbocycles. The van der Waals surface area contributed by atoms with Gasteiger partial charge < -0.3 is 10.5 Å². The van der Waals surface area contributed by atoms with Gasteiger partial charge in [0.05, 0.1) is 4.47 Å².